The zero-order valence-corrected chi connectivity index (χ0v) is 15.2. The summed E-state index contributed by atoms with van der Waals surface area (Å²) in [5, 5.41) is 11.7. The van der Waals surface area contributed by atoms with E-state index in [-0.39, 0.29) is 6.03 Å². The fourth-order valence-electron chi connectivity index (χ4n) is 2.46. The van der Waals surface area contributed by atoms with Crippen LogP contribution in [-0.2, 0) is 7.05 Å². The predicted octanol–water partition coefficient (Wildman–Crippen LogP) is 2.79. The first-order chi connectivity index (χ1) is 12.2. The number of carbonyl (C=O) groups is 1. The van der Waals surface area contributed by atoms with E-state index in [2.05, 4.69) is 39.8 Å². The summed E-state index contributed by atoms with van der Waals surface area (Å²) in [5.41, 5.74) is 1.15. The molecule has 1 fully saturated rings. The molecule has 1 aliphatic carbocycles. The first-order valence-electron chi connectivity index (χ1n) is 8.47. The topological polar surface area (TPSA) is 63.1 Å². The van der Waals surface area contributed by atoms with Crippen LogP contribution in [0.3, 0.4) is 0 Å². The summed E-state index contributed by atoms with van der Waals surface area (Å²) in [6, 6.07) is 10.5. The zero-order valence-electron chi connectivity index (χ0n) is 14.3. The molecular weight excluding hydrogens is 334 g/mol. The van der Waals surface area contributed by atoms with Crippen LogP contribution in [-0.4, -0.2) is 50.6 Å². The van der Waals surface area contributed by atoms with Gasteiger partial charge in [-0.05, 0) is 18.4 Å². The van der Waals surface area contributed by atoms with Gasteiger partial charge in [-0.2, -0.15) is 0 Å². The van der Waals surface area contributed by atoms with Crippen molar-refractivity contribution >= 4 is 23.9 Å². The number of thioether (sulfide) groups is 1. The van der Waals surface area contributed by atoms with Crippen LogP contribution >= 0.6 is 11.8 Å². The molecule has 1 aromatic carbocycles. The molecule has 1 saturated carbocycles. The van der Waals surface area contributed by atoms with Gasteiger partial charge in [-0.3, -0.25) is 0 Å². The number of carbonyl (C=O) groups excluding carboxylic acids is 1. The van der Waals surface area contributed by atoms with Crippen molar-refractivity contribution in [2.45, 2.75) is 24.0 Å². The molecule has 2 aromatic rings. The minimum absolute atomic E-state index is 0.0128. The Balaban J connectivity index is 1.43. The number of benzene rings is 1. The molecule has 0 radical (unpaired) electrons. The van der Waals surface area contributed by atoms with Crippen LogP contribution in [0.25, 0.3) is 6.08 Å². The predicted molar refractivity (Wildman–Crippen MR) is 100 cm³/mol. The molecule has 1 heterocycles. The maximum absolute atomic E-state index is 12.4. The molecule has 1 aromatic heterocycles. The van der Waals surface area contributed by atoms with Crippen LogP contribution in [0, 0.1) is 0 Å². The second-order valence-corrected chi connectivity index (χ2v) is 7.06. The minimum Gasteiger partial charge on any atom is -0.337 e. The van der Waals surface area contributed by atoms with Crippen molar-refractivity contribution in [3.8, 4) is 0 Å². The summed E-state index contributed by atoms with van der Waals surface area (Å²) in [6.45, 7) is 1.25. The Morgan fingerprint density at radius 3 is 2.88 bits per heavy atom. The van der Waals surface area contributed by atoms with Crippen LogP contribution in [0.1, 0.15) is 18.4 Å². The summed E-state index contributed by atoms with van der Waals surface area (Å²) in [6.07, 6.45) is 7.99. The number of urea groups is 1. The molecule has 7 heteroatoms. The van der Waals surface area contributed by atoms with Gasteiger partial charge in [-0.1, -0.05) is 54.2 Å². The number of hydrogen-bond acceptors (Lipinski definition) is 4. The van der Waals surface area contributed by atoms with Crippen molar-refractivity contribution in [1.29, 1.82) is 0 Å². The van der Waals surface area contributed by atoms with E-state index in [4.69, 9.17) is 0 Å². The highest BCUT2D eigenvalue weighted by molar-refractivity contribution is 7.99. The lowest BCUT2D eigenvalue weighted by molar-refractivity contribution is 0.201. The molecule has 132 valence electrons. The normalized spacial score (nSPS) is 14.0. The van der Waals surface area contributed by atoms with Crippen LogP contribution in [0.2, 0.25) is 0 Å². The molecule has 6 nitrogen and oxygen atoms in total. The lowest BCUT2D eigenvalue weighted by Gasteiger charge is -2.21. The number of nitrogens with zero attached hydrogens (tertiary/aromatic N) is 4. The fourth-order valence-corrected chi connectivity index (χ4v) is 3.20. The zero-order chi connectivity index (χ0) is 17.5. The Morgan fingerprint density at radius 1 is 1.40 bits per heavy atom. The van der Waals surface area contributed by atoms with E-state index in [1.165, 1.54) is 0 Å². The molecule has 1 N–H and O–H groups in total. The van der Waals surface area contributed by atoms with Gasteiger partial charge in [-0.15, -0.1) is 10.2 Å². The quantitative estimate of drug-likeness (QED) is 0.583. The van der Waals surface area contributed by atoms with E-state index in [1.54, 1.807) is 18.1 Å². The van der Waals surface area contributed by atoms with E-state index in [0.29, 0.717) is 19.1 Å². The van der Waals surface area contributed by atoms with Crippen LogP contribution < -0.4 is 5.32 Å². The van der Waals surface area contributed by atoms with Gasteiger partial charge in [0.15, 0.2) is 5.16 Å². The van der Waals surface area contributed by atoms with Gasteiger partial charge >= 0.3 is 6.03 Å². The van der Waals surface area contributed by atoms with Gasteiger partial charge in [0.25, 0.3) is 0 Å². The first kappa shape index (κ1) is 17.5. The molecule has 1 aliphatic rings. The summed E-state index contributed by atoms with van der Waals surface area (Å²) >= 11 is 1.59. The SMILES string of the molecule is Cn1cnnc1SCCNC(=O)N(C/C=C/c1ccccc1)C1CC1. The largest absolute Gasteiger partial charge is 0.337 e. The molecule has 0 saturated heterocycles. The smallest absolute Gasteiger partial charge is 0.317 e. The third-order valence-corrected chi connectivity index (χ3v) is 4.98. The van der Waals surface area contributed by atoms with Gasteiger partial charge in [0.1, 0.15) is 6.33 Å². The number of aromatic nitrogens is 3. The number of hydrogen-bond donors (Lipinski definition) is 1. The Labute approximate surface area is 152 Å². The van der Waals surface area contributed by atoms with Crippen molar-refractivity contribution in [1.82, 2.24) is 25.0 Å². The van der Waals surface area contributed by atoms with Crippen molar-refractivity contribution in [2.24, 2.45) is 7.05 Å². The molecular formula is C18H23N5OS. The van der Waals surface area contributed by atoms with Gasteiger partial charge in [0.05, 0.1) is 0 Å². The van der Waals surface area contributed by atoms with Crippen LogP contribution in [0.4, 0.5) is 4.79 Å². The Kier molecular flexibility index (Phi) is 6.11. The van der Waals surface area contributed by atoms with Crippen molar-refractivity contribution < 1.29 is 4.79 Å². The standard InChI is InChI=1S/C18H23N5OS/c1-22-14-20-21-18(22)25-13-11-19-17(24)23(16-9-10-16)12-5-8-15-6-3-2-4-7-15/h2-8,14,16H,9-13H2,1H3,(H,19,24)/b8-5+. The molecule has 0 spiro atoms. The second-order valence-electron chi connectivity index (χ2n) is 6.00. The van der Waals surface area contributed by atoms with Gasteiger partial charge < -0.3 is 14.8 Å². The summed E-state index contributed by atoms with van der Waals surface area (Å²) in [5.74, 6) is 0.774. The molecule has 0 aliphatic heterocycles. The lowest BCUT2D eigenvalue weighted by atomic mass is 10.2. The molecule has 2 amide bonds. The van der Waals surface area contributed by atoms with Gasteiger partial charge in [0.2, 0.25) is 0 Å². The maximum Gasteiger partial charge on any atom is 0.317 e. The molecule has 0 atom stereocenters. The van der Waals surface area contributed by atoms with E-state index in [1.807, 2.05) is 34.7 Å². The molecule has 3 rings (SSSR count). The van der Waals surface area contributed by atoms with E-state index >= 15 is 0 Å². The van der Waals surface area contributed by atoms with Crippen LogP contribution in [0.5, 0.6) is 0 Å². The maximum atomic E-state index is 12.4. The van der Waals surface area contributed by atoms with E-state index < -0.39 is 0 Å². The molecule has 25 heavy (non-hydrogen) atoms. The van der Waals surface area contributed by atoms with E-state index in [9.17, 15) is 4.79 Å². The third-order valence-electron chi connectivity index (χ3n) is 3.94. The van der Waals surface area contributed by atoms with Gasteiger partial charge in [0, 0.05) is 31.9 Å². The summed E-state index contributed by atoms with van der Waals surface area (Å²) < 4.78 is 1.87. The average Bonchev–Trinajstić information content (AvgIpc) is 3.38. The van der Waals surface area contributed by atoms with Crippen molar-refractivity contribution in [3.63, 3.8) is 0 Å². The Hall–Kier alpha value is -2.28. The van der Waals surface area contributed by atoms with Crippen LogP contribution in [0.15, 0.2) is 47.9 Å². The molecule has 0 bridgehead atoms. The average molecular weight is 357 g/mol. The third kappa shape index (κ3) is 5.35. The monoisotopic (exact) mass is 357 g/mol. The second kappa shape index (κ2) is 8.71. The fraction of sp³-hybridized carbons (Fsp3) is 0.389. The Bertz CT molecular complexity index is 711. The van der Waals surface area contributed by atoms with Crippen molar-refractivity contribution in [3.05, 3.63) is 48.3 Å². The highest BCUT2D eigenvalue weighted by Crippen LogP contribution is 2.26. The van der Waals surface area contributed by atoms with E-state index in [0.717, 1.165) is 29.3 Å². The molecule has 0 unspecified atom stereocenters. The number of nitrogens with one attached hydrogen (secondary N) is 1. The number of amides is 2. The minimum atomic E-state index is 0.0128. The first-order valence-corrected chi connectivity index (χ1v) is 9.45. The highest BCUT2D eigenvalue weighted by Gasteiger charge is 2.31. The van der Waals surface area contributed by atoms with Gasteiger partial charge in [-0.25, -0.2) is 4.79 Å². The van der Waals surface area contributed by atoms with Crippen molar-refractivity contribution in [2.75, 3.05) is 18.8 Å². The number of aryl methyl sites for hydroxylation is 1. The Morgan fingerprint density at radius 2 is 2.20 bits per heavy atom. The summed E-state index contributed by atoms with van der Waals surface area (Å²) in [4.78, 5) is 14.4. The number of rotatable bonds is 8. The lowest BCUT2D eigenvalue weighted by Crippen LogP contribution is -2.42. The highest BCUT2D eigenvalue weighted by atomic mass is 32.2. The summed E-state index contributed by atoms with van der Waals surface area (Å²) in [7, 11) is 1.91.